The van der Waals surface area contributed by atoms with Crippen LogP contribution >= 0.6 is 0 Å². The van der Waals surface area contributed by atoms with Gasteiger partial charge in [-0.1, -0.05) is 0 Å². The summed E-state index contributed by atoms with van der Waals surface area (Å²) in [6.45, 7) is 1.28. The van der Waals surface area contributed by atoms with E-state index in [9.17, 15) is 19.8 Å². The van der Waals surface area contributed by atoms with E-state index in [1.165, 1.54) is 0 Å². The Morgan fingerprint density at radius 2 is 1.25 bits per heavy atom. The molecule has 0 amide bonds. The average Bonchev–Trinajstić information content (AvgIpc) is 2.02. The summed E-state index contributed by atoms with van der Waals surface area (Å²) in [5.41, 5.74) is 0. The van der Waals surface area contributed by atoms with Crippen molar-refractivity contribution in [1.29, 1.82) is 0 Å². The summed E-state index contributed by atoms with van der Waals surface area (Å²) in [6.07, 6.45) is 1.16. The van der Waals surface area contributed by atoms with E-state index in [0.29, 0.717) is 25.9 Å². The van der Waals surface area contributed by atoms with Crippen LogP contribution in [0.1, 0.15) is 25.7 Å². The van der Waals surface area contributed by atoms with Gasteiger partial charge in [0.15, 0.2) is 0 Å². The summed E-state index contributed by atoms with van der Waals surface area (Å²) in [5.74, 6) is -2.10. The second-order valence-electron chi connectivity index (χ2n) is 3.25. The maximum atomic E-state index is 10.1. The number of rotatable bonds is 8. The van der Waals surface area contributed by atoms with Gasteiger partial charge in [0, 0.05) is 11.9 Å². The number of carboxylic acid groups (broad SMARTS) is 2. The van der Waals surface area contributed by atoms with Gasteiger partial charge in [0.1, 0.15) is 0 Å². The Morgan fingerprint density at radius 1 is 0.938 bits per heavy atom. The minimum Gasteiger partial charge on any atom is -0.550 e. The van der Waals surface area contributed by atoms with Crippen LogP contribution in [0.5, 0.6) is 0 Å². The van der Waals surface area contributed by atoms with Gasteiger partial charge in [0.05, 0.1) is 0 Å². The molecule has 5 nitrogen and oxygen atoms in total. The molecule has 0 atom stereocenters. The summed E-state index contributed by atoms with van der Waals surface area (Å²) in [5, 5.41) is 20.1. The second-order valence-corrected chi connectivity index (χ2v) is 3.25. The Bertz CT molecular complexity index is 182. The maximum absolute atomic E-state index is 10.1. The average molecular weight is 279 g/mol. The molecule has 0 aliphatic carbocycles. The van der Waals surface area contributed by atoms with Crippen molar-refractivity contribution in [2.45, 2.75) is 25.7 Å². The zero-order chi connectivity index (χ0) is 11.0. The zero-order valence-electron chi connectivity index (χ0n) is 10.3. The number of nitrogens with zero attached hydrogens (tertiary/aromatic N) is 1. The summed E-state index contributed by atoms with van der Waals surface area (Å²) in [4.78, 5) is 22.0. The van der Waals surface area contributed by atoms with Crippen molar-refractivity contribution >= 4 is 11.9 Å². The Balaban J connectivity index is -0.000000845. The molecule has 0 aromatic carbocycles. The first kappa shape index (κ1) is 23.3. The van der Waals surface area contributed by atoms with Crippen LogP contribution in [0.15, 0.2) is 0 Å². The molecular weight excluding hydrogens is 264 g/mol. The predicted octanol–water partition coefficient (Wildman–Crippen LogP) is -8.01. The van der Waals surface area contributed by atoms with Crippen molar-refractivity contribution < 1.29 is 123 Å². The van der Waals surface area contributed by atoms with Crippen molar-refractivity contribution in [1.82, 2.24) is 4.90 Å². The largest absolute Gasteiger partial charge is 1.00 e. The molecule has 0 saturated carbocycles. The Kier molecular flexibility index (Phi) is 22.2. The van der Waals surface area contributed by atoms with Crippen LogP contribution in [-0.2, 0) is 9.59 Å². The molecule has 0 rings (SSSR count). The monoisotopic (exact) mass is 279 g/mol. The molecule has 0 spiro atoms. The fourth-order valence-electron chi connectivity index (χ4n) is 1.10. The first-order valence-corrected chi connectivity index (χ1v) is 4.60. The molecule has 0 radical (unpaired) electrons. The number of carbonyl (C=O) groups is 2. The first-order chi connectivity index (χ1) is 6.52. The molecule has 0 heterocycles. The number of hydrogen-bond acceptors (Lipinski definition) is 5. The Labute approximate surface area is 181 Å². The predicted molar refractivity (Wildman–Crippen MR) is 46.0 cm³/mol. The first-order valence-electron chi connectivity index (χ1n) is 4.60. The van der Waals surface area contributed by atoms with Crippen LogP contribution in [0.2, 0.25) is 0 Å². The van der Waals surface area contributed by atoms with E-state index in [4.69, 9.17) is 0 Å². The third kappa shape index (κ3) is 18.5. The molecule has 0 fully saturated rings. The van der Waals surface area contributed by atoms with Crippen LogP contribution < -0.4 is 113 Å². The van der Waals surface area contributed by atoms with Crippen molar-refractivity contribution in [3.05, 3.63) is 0 Å². The summed E-state index contributed by atoms with van der Waals surface area (Å²) >= 11 is 0. The normalized spacial score (nSPS) is 9.12. The van der Waals surface area contributed by atoms with Gasteiger partial charge in [-0.2, -0.15) is 0 Å². The van der Waals surface area contributed by atoms with E-state index < -0.39 is 11.9 Å². The molecule has 0 unspecified atom stereocenters. The number of aliphatic carboxylic acids is 2. The van der Waals surface area contributed by atoms with Gasteiger partial charge in [-0.05, 0) is 45.8 Å². The van der Waals surface area contributed by atoms with E-state index in [0.717, 1.165) is 0 Å². The fraction of sp³-hybridized carbons (Fsp3) is 0.778. The molecule has 0 bridgehead atoms. The molecule has 0 aromatic heterocycles. The minimum atomic E-state index is -1.05. The quantitative estimate of drug-likeness (QED) is 0.412. The van der Waals surface area contributed by atoms with Crippen molar-refractivity contribution in [3.8, 4) is 0 Å². The molecular formula is C9H15K2NO4. The third-order valence-electron chi connectivity index (χ3n) is 1.84. The second kappa shape index (κ2) is 15.2. The molecule has 0 aliphatic heterocycles. The van der Waals surface area contributed by atoms with Gasteiger partial charge < -0.3 is 24.7 Å². The van der Waals surface area contributed by atoms with Crippen molar-refractivity contribution in [2.75, 3.05) is 20.1 Å². The molecule has 16 heavy (non-hydrogen) atoms. The van der Waals surface area contributed by atoms with Crippen LogP contribution in [0.3, 0.4) is 0 Å². The summed E-state index contributed by atoms with van der Waals surface area (Å²) in [7, 11) is 1.82. The van der Waals surface area contributed by atoms with Crippen LogP contribution in [0, 0.1) is 0 Å². The number of carboxylic acids is 2. The summed E-state index contributed by atoms with van der Waals surface area (Å²) < 4.78 is 0. The Hall–Kier alpha value is 2.17. The smallest absolute Gasteiger partial charge is 0.550 e. The van der Waals surface area contributed by atoms with Gasteiger partial charge in [0.2, 0.25) is 0 Å². The van der Waals surface area contributed by atoms with Crippen molar-refractivity contribution in [3.63, 3.8) is 0 Å². The standard InChI is InChI=1S/C9H17NO4.2K/c1-10(6-2-4-8(11)12)7-3-5-9(13)14;;/h2-7H2,1H3,(H,11,12)(H,13,14);;/q;2*+1/p-2. The molecule has 0 N–H and O–H groups in total. The zero-order valence-corrected chi connectivity index (χ0v) is 16.6. The number of carbonyl (C=O) groups excluding carboxylic acids is 2. The molecule has 0 saturated heterocycles. The van der Waals surface area contributed by atoms with Gasteiger partial charge >= 0.3 is 103 Å². The van der Waals surface area contributed by atoms with E-state index in [-0.39, 0.29) is 116 Å². The third-order valence-corrected chi connectivity index (χ3v) is 1.84. The van der Waals surface area contributed by atoms with Crippen LogP contribution in [-0.4, -0.2) is 37.0 Å². The van der Waals surface area contributed by atoms with Crippen LogP contribution in [0.4, 0.5) is 0 Å². The van der Waals surface area contributed by atoms with E-state index in [1.807, 2.05) is 11.9 Å². The van der Waals surface area contributed by atoms with Crippen LogP contribution in [0.25, 0.3) is 0 Å². The minimum absolute atomic E-state index is 0. The van der Waals surface area contributed by atoms with Gasteiger partial charge in [-0.15, -0.1) is 0 Å². The topological polar surface area (TPSA) is 83.5 Å². The van der Waals surface area contributed by atoms with Gasteiger partial charge in [-0.25, -0.2) is 0 Å². The summed E-state index contributed by atoms with van der Waals surface area (Å²) in [6, 6.07) is 0. The van der Waals surface area contributed by atoms with E-state index in [2.05, 4.69) is 0 Å². The van der Waals surface area contributed by atoms with E-state index in [1.54, 1.807) is 0 Å². The Morgan fingerprint density at radius 3 is 1.50 bits per heavy atom. The molecule has 82 valence electrons. The van der Waals surface area contributed by atoms with Gasteiger partial charge in [0.25, 0.3) is 0 Å². The molecule has 7 heteroatoms. The van der Waals surface area contributed by atoms with Crippen molar-refractivity contribution in [2.24, 2.45) is 0 Å². The molecule has 0 aromatic rings. The van der Waals surface area contributed by atoms with Gasteiger partial charge in [-0.3, -0.25) is 0 Å². The number of hydrogen-bond donors (Lipinski definition) is 0. The molecule has 0 aliphatic rings. The SMILES string of the molecule is CN(CCCC(=O)[O-])CCCC(=O)[O-].[K+].[K+]. The maximum Gasteiger partial charge on any atom is 1.00 e. The van der Waals surface area contributed by atoms with E-state index >= 15 is 0 Å². The fourth-order valence-corrected chi connectivity index (χ4v) is 1.10.